The summed E-state index contributed by atoms with van der Waals surface area (Å²) in [6.07, 6.45) is 5.39. The number of rotatable bonds is 5. The molecule has 8 nitrogen and oxygen atoms in total. The zero-order chi connectivity index (χ0) is 28.2. The molecule has 1 saturated heterocycles. The second-order valence-corrected chi connectivity index (χ2v) is 13.1. The summed E-state index contributed by atoms with van der Waals surface area (Å²) in [5.41, 5.74) is 2.80. The molecule has 4 rings (SSSR count). The number of fused-ring (bicyclic) bond motifs is 1. The van der Waals surface area contributed by atoms with E-state index in [-0.39, 0.29) is 18.5 Å². The molecular formula is C29H41ClN4O4S. The van der Waals surface area contributed by atoms with Crippen LogP contribution < -0.4 is 13.9 Å². The van der Waals surface area contributed by atoms with Crippen molar-refractivity contribution in [2.24, 2.45) is 0 Å². The fourth-order valence-electron chi connectivity index (χ4n) is 5.50. The van der Waals surface area contributed by atoms with Crippen molar-refractivity contribution >= 4 is 38.9 Å². The predicted molar refractivity (Wildman–Crippen MR) is 159 cm³/mol. The van der Waals surface area contributed by atoms with E-state index in [1.165, 1.54) is 17.0 Å². The summed E-state index contributed by atoms with van der Waals surface area (Å²) in [4.78, 5) is 20.7. The van der Waals surface area contributed by atoms with E-state index >= 15 is 0 Å². The largest absolute Gasteiger partial charge is 0.496 e. The van der Waals surface area contributed by atoms with Crippen LogP contribution in [-0.4, -0.2) is 82.8 Å². The summed E-state index contributed by atoms with van der Waals surface area (Å²) < 4.78 is 32.9. The van der Waals surface area contributed by atoms with Crippen LogP contribution in [0.4, 0.5) is 11.4 Å². The van der Waals surface area contributed by atoms with E-state index in [2.05, 4.69) is 23.6 Å². The fraction of sp³-hybridized carbons (Fsp3) is 0.552. The molecule has 0 spiro atoms. The molecule has 2 aliphatic rings. The molecule has 0 bridgehead atoms. The third-order valence-electron chi connectivity index (χ3n) is 7.69. The lowest BCUT2D eigenvalue weighted by Crippen LogP contribution is -2.41. The number of benzene rings is 2. The number of nitrogens with zero attached hydrogens (tertiary/aromatic N) is 4. The Hall–Kier alpha value is -2.49. The van der Waals surface area contributed by atoms with E-state index in [1.54, 1.807) is 19.2 Å². The number of carbonyl (C=O) groups excluding carboxylic acids is 1. The van der Waals surface area contributed by atoms with Crippen LogP contribution in [0, 0.1) is 0 Å². The first-order valence-electron chi connectivity index (χ1n) is 13.8. The number of hydrogen-bond donors (Lipinski definition) is 0. The molecule has 0 aliphatic carbocycles. The molecular weight excluding hydrogens is 536 g/mol. The molecule has 0 N–H and O–H groups in total. The van der Waals surface area contributed by atoms with Crippen LogP contribution >= 0.6 is 11.6 Å². The van der Waals surface area contributed by atoms with Crippen LogP contribution in [0.3, 0.4) is 0 Å². The van der Waals surface area contributed by atoms with Crippen molar-refractivity contribution in [3.63, 3.8) is 0 Å². The van der Waals surface area contributed by atoms with Crippen molar-refractivity contribution in [1.82, 2.24) is 9.80 Å². The van der Waals surface area contributed by atoms with Crippen LogP contribution in [0.5, 0.6) is 5.75 Å². The van der Waals surface area contributed by atoms with E-state index in [4.69, 9.17) is 16.3 Å². The Morgan fingerprint density at radius 1 is 0.923 bits per heavy atom. The van der Waals surface area contributed by atoms with Gasteiger partial charge in [0.05, 0.1) is 24.6 Å². The van der Waals surface area contributed by atoms with E-state index in [0.29, 0.717) is 48.1 Å². The third kappa shape index (κ3) is 7.18. The fourth-order valence-corrected chi connectivity index (χ4v) is 6.66. The number of hydrogen-bond acceptors (Lipinski definition) is 6. The second kappa shape index (κ2) is 12.8. The van der Waals surface area contributed by atoms with E-state index in [1.807, 2.05) is 29.2 Å². The molecule has 214 valence electrons. The smallest absolute Gasteiger partial charge is 0.258 e. The van der Waals surface area contributed by atoms with Gasteiger partial charge in [-0.25, -0.2) is 8.42 Å². The van der Waals surface area contributed by atoms with Gasteiger partial charge in [-0.2, -0.15) is 0 Å². The third-order valence-corrected chi connectivity index (χ3v) is 9.11. The molecule has 39 heavy (non-hydrogen) atoms. The zero-order valence-electron chi connectivity index (χ0n) is 23.5. The SMILES string of the molecule is COc1ccc(N2CCCCC2)cc1C(=O)N1CCN(C(C)C)CCCN(S(C)(=O)=O)c2cc(Cl)ccc2C1. The summed E-state index contributed by atoms with van der Waals surface area (Å²) in [6, 6.07) is 11.4. The molecule has 0 radical (unpaired) electrons. The number of methoxy groups -OCH3 is 1. The first-order valence-corrected chi connectivity index (χ1v) is 16.0. The van der Waals surface area contributed by atoms with Crippen LogP contribution in [0.1, 0.15) is 55.5 Å². The molecule has 10 heteroatoms. The molecule has 2 aromatic rings. The highest BCUT2D eigenvalue weighted by molar-refractivity contribution is 7.92. The minimum Gasteiger partial charge on any atom is -0.496 e. The van der Waals surface area contributed by atoms with Crippen LogP contribution in [-0.2, 0) is 16.6 Å². The van der Waals surface area contributed by atoms with Gasteiger partial charge in [-0.3, -0.25) is 14.0 Å². The van der Waals surface area contributed by atoms with Gasteiger partial charge in [-0.1, -0.05) is 17.7 Å². The molecule has 2 aromatic carbocycles. The molecule has 1 fully saturated rings. The van der Waals surface area contributed by atoms with Crippen molar-refractivity contribution in [3.05, 3.63) is 52.5 Å². The summed E-state index contributed by atoms with van der Waals surface area (Å²) in [5, 5.41) is 0.454. The van der Waals surface area contributed by atoms with E-state index in [0.717, 1.165) is 43.7 Å². The topological polar surface area (TPSA) is 73.4 Å². The molecule has 0 saturated carbocycles. The Kier molecular flexibility index (Phi) is 9.67. The maximum atomic E-state index is 14.2. The minimum absolute atomic E-state index is 0.138. The first kappa shape index (κ1) is 29.5. The lowest BCUT2D eigenvalue weighted by atomic mass is 10.1. The average Bonchev–Trinajstić information content (AvgIpc) is 2.95. The van der Waals surface area contributed by atoms with Gasteiger partial charge >= 0.3 is 0 Å². The van der Waals surface area contributed by atoms with Gasteiger partial charge in [0.15, 0.2) is 0 Å². The van der Waals surface area contributed by atoms with Gasteiger partial charge in [0.25, 0.3) is 5.91 Å². The highest BCUT2D eigenvalue weighted by Crippen LogP contribution is 2.32. The maximum Gasteiger partial charge on any atom is 0.258 e. The van der Waals surface area contributed by atoms with Gasteiger partial charge in [-0.05, 0) is 75.4 Å². The van der Waals surface area contributed by atoms with Gasteiger partial charge in [0.1, 0.15) is 5.75 Å². The number of ether oxygens (including phenoxy) is 1. The summed E-state index contributed by atoms with van der Waals surface area (Å²) in [5.74, 6) is 0.394. The monoisotopic (exact) mass is 576 g/mol. The van der Waals surface area contributed by atoms with Crippen molar-refractivity contribution in [1.29, 1.82) is 0 Å². The maximum absolute atomic E-state index is 14.2. The molecule has 0 aromatic heterocycles. The second-order valence-electron chi connectivity index (χ2n) is 10.8. The van der Waals surface area contributed by atoms with Crippen LogP contribution in [0.15, 0.2) is 36.4 Å². The minimum atomic E-state index is -3.56. The normalized spacial score (nSPS) is 18.1. The molecule has 0 unspecified atom stereocenters. The Bertz CT molecular complexity index is 1260. The average molecular weight is 577 g/mol. The number of anilines is 2. The van der Waals surface area contributed by atoms with Gasteiger partial charge in [-0.15, -0.1) is 0 Å². The number of sulfonamides is 1. The van der Waals surface area contributed by atoms with Gasteiger partial charge in [0, 0.05) is 62.6 Å². The number of piperidine rings is 1. The Labute approximate surface area is 238 Å². The Morgan fingerprint density at radius 2 is 1.67 bits per heavy atom. The summed E-state index contributed by atoms with van der Waals surface area (Å²) in [6.45, 7) is 8.68. The quantitative estimate of drug-likeness (QED) is 0.506. The van der Waals surface area contributed by atoms with Crippen LogP contribution in [0.2, 0.25) is 5.02 Å². The van der Waals surface area contributed by atoms with Crippen molar-refractivity contribution in [2.45, 2.75) is 52.1 Å². The highest BCUT2D eigenvalue weighted by Gasteiger charge is 2.28. The molecule has 2 aliphatic heterocycles. The zero-order valence-corrected chi connectivity index (χ0v) is 25.1. The predicted octanol–water partition coefficient (Wildman–Crippen LogP) is 4.86. The van der Waals surface area contributed by atoms with E-state index < -0.39 is 10.0 Å². The molecule has 1 amide bonds. The van der Waals surface area contributed by atoms with Crippen molar-refractivity contribution < 1.29 is 17.9 Å². The number of carbonyl (C=O) groups is 1. The summed E-state index contributed by atoms with van der Waals surface area (Å²) in [7, 11) is -1.98. The Morgan fingerprint density at radius 3 is 2.33 bits per heavy atom. The lowest BCUT2D eigenvalue weighted by molar-refractivity contribution is 0.0708. The van der Waals surface area contributed by atoms with Crippen LogP contribution in [0.25, 0.3) is 0 Å². The highest BCUT2D eigenvalue weighted by atomic mass is 35.5. The van der Waals surface area contributed by atoms with Crippen molar-refractivity contribution in [2.75, 3.05) is 61.8 Å². The van der Waals surface area contributed by atoms with E-state index in [9.17, 15) is 13.2 Å². The molecule has 0 atom stereocenters. The number of amides is 1. The lowest BCUT2D eigenvalue weighted by Gasteiger charge is -2.31. The molecule has 2 heterocycles. The Balaban J connectivity index is 1.76. The number of halogens is 1. The standard InChI is InChI=1S/C29H41ClN4O4S/c1-22(2)31-15-8-16-34(39(4,36)37)27-19-24(30)10-9-23(27)21-33(18-17-31)29(35)26-20-25(11-12-28(26)38-3)32-13-6-5-7-14-32/h9-12,19-20,22H,5-8,13-18,21H2,1-4H3. The summed E-state index contributed by atoms with van der Waals surface area (Å²) >= 11 is 6.35. The van der Waals surface area contributed by atoms with Gasteiger partial charge in [0.2, 0.25) is 10.0 Å². The van der Waals surface area contributed by atoms with Crippen molar-refractivity contribution in [3.8, 4) is 5.75 Å². The first-order chi connectivity index (χ1) is 18.6. The van der Waals surface area contributed by atoms with Gasteiger partial charge < -0.3 is 14.5 Å².